The zero-order chi connectivity index (χ0) is 11.5. The zero-order valence-corrected chi connectivity index (χ0v) is 11.7. The molecule has 0 saturated carbocycles. The van der Waals surface area contributed by atoms with Crippen LogP contribution in [0.3, 0.4) is 0 Å². The maximum Gasteiger partial charge on any atom is 0.266 e. The van der Waals surface area contributed by atoms with Crippen molar-refractivity contribution in [2.45, 2.75) is 32.2 Å². The van der Waals surface area contributed by atoms with Crippen LogP contribution in [0.4, 0.5) is 0 Å². The lowest BCUT2D eigenvalue weighted by atomic mass is 10.0. The number of aryl methyl sites for hydroxylation is 1. The third-order valence-electron chi connectivity index (χ3n) is 3.01. The second kappa shape index (κ2) is 5.27. The summed E-state index contributed by atoms with van der Waals surface area (Å²) in [6, 6.07) is 0.350. The Bertz CT molecular complexity index is 380. The summed E-state index contributed by atoms with van der Waals surface area (Å²) in [5.41, 5.74) is 2.60. The van der Waals surface area contributed by atoms with Gasteiger partial charge in [0.2, 0.25) is 0 Å². The Morgan fingerprint density at radius 2 is 2.50 bits per heavy atom. The van der Waals surface area contributed by atoms with Crippen molar-refractivity contribution in [2.24, 2.45) is 0 Å². The first kappa shape index (κ1) is 12.0. The summed E-state index contributed by atoms with van der Waals surface area (Å²) >= 11 is 4.94. The summed E-state index contributed by atoms with van der Waals surface area (Å²) in [5, 5.41) is 0.872. The van der Waals surface area contributed by atoms with Crippen LogP contribution < -0.4 is 0 Å². The normalized spacial score (nSPS) is 21.1. The number of rotatable bonds is 2. The van der Waals surface area contributed by atoms with E-state index in [1.807, 2.05) is 11.8 Å². The summed E-state index contributed by atoms with van der Waals surface area (Å²) in [6.07, 6.45) is 3.45. The first-order chi connectivity index (χ1) is 7.74. The molecule has 1 aromatic rings. The van der Waals surface area contributed by atoms with E-state index in [0.717, 1.165) is 35.3 Å². The number of piperidine rings is 1. The lowest BCUT2D eigenvalue weighted by molar-refractivity contribution is 0.0646. The number of carbonyl (C=O) groups is 1. The van der Waals surface area contributed by atoms with Gasteiger partial charge in [-0.1, -0.05) is 15.9 Å². The molecule has 0 bridgehead atoms. The Hall–Kier alpha value is -0.420. The summed E-state index contributed by atoms with van der Waals surface area (Å²) < 4.78 is 0. The van der Waals surface area contributed by atoms with E-state index < -0.39 is 0 Å². The van der Waals surface area contributed by atoms with Gasteiger partial charge in [-0.2, -0.15) is 0 Å². The lowest BCUT2D eigenvalue weighted by Gasteiger charge is -2.34. The molecule has 1 amide bonds. The molecule has 88 valence electrons. The van der Waals surface area contributed by atoms with Gasteiger partial charge in [0.05, 0.1) is 11.2 Å². The van der Waals surface area contributed by atoms with Crippen LogP contribution in [0.15, 0.2) is 5.51 Å². The molecule has 1 fully saturated rings. The second-order valence-corrected chi connectivity index (χ2v) is 5.57. The Kier molecular flexibility index (Phi) is 3.97. The lowest BCUT2D eigenvalue weighted by Crippen LogP contribution is -2.44. The van der Waals surface area contributed by atoms with Gasteiger partial charge in [-0.05, 0) is 26.2 Å². The van der Waals surface area contributed by atoms with Crippen LogP contribution in [-0.2, 0) is 0 Å². The van der Waals surface area contributed by atoms with Gasteiger partial charge >= 0.3 is 0 Å². The summed E-state index contributed by atoms with van der Waals surface area (Å²) in [4.78, 5) is 19.3. The number of carbonyl (C=O) groups excluding carboxylic acids is 1. The first-order valence-corrected chi connectivity index (χ1v) is 7.51. The zero-order valence-electron chi connectivity index (χ0n) is 9.28. The maximum atomic E-state index is 12.3. The van der Waals surface area contributed by atoms with Gasteiger partial charge < -0.3 is 4.90 Å². The van der Waals surface area contributed by atoms with Gasteiger partial charge in [0, 0.05) is 17.9 Å². The molecule has 3 nitrogen and oxygen atoms in total. The topological polar surface area (TPSA) is 33.2 Å². The van der Waals surface area contributed by atoms with E-state index in [0.29, 0.717) is 6.04 Å². The molecule has 2 heterocycles. The molecule has 1 aliphatic rings. The van der Waals surface area contributed by atoms with Crippen molar-refractivity contribution in [3.8, 4) is 0 Å². The van der Waals surface area contributed by atoms with Crippen LogP contribution in [-0.4, -0.2) is 33.7 Å². The maximum absolute atomic E-state index is 12.3. The SMILES string of the molecule is Cc1ncsc1C(=O)N1CCCCC1CBr. The third kappa shape index (κ3) is 2.30. The molecule has 5 heteroatoms. The Morgan fingerprint density at radius 1 is 1.69 bits per heavy atom. The fraction of sp³-hybridized carbons (Fsp3) is 0.636. The number of halogens is 1. The number of thiazole rings is 1. The van der Waals surface area contributed by atoms with Crippen molar-refractivity contribution < 1.29 is 4.79 Å². The number of amides is 1. The predicted octanol–water partition coefficient (Wildman–Crippen LogP) is 2.84. The first-order valence-electron chi connectivity index (χ1n) is 5.51. The van der Waals surface area contributed by atoms with Crippen LogP contribution in [0.2, 0.25) is 0 Å². The van der Waals surface area contributed by atoms with E-state index in [1.54, 1.807) is 5.51 Å². The standard InChI is InChI=1S/C11H15BrN2OS/c1-8-10(16-7-13-8)11(15)14-5-3-2-4-9(14)6-12/h7,9H,2-6H2,1H3. The summed E-state index contributed by atoms with van der Waals surface area (Å²) in [5.74, 6) is 0.157. The molecule has 0 radical (unpaired) electrons. The van der Waals surface area contributed by atoms with E-state index in [1.165, 1.54) is 17.8 Å². The number of hydrogen-bond acceptors (Lipinski definition) is 3. The van der Waals surface area contributed by atoms with Gasteiger partial charge in [-0.15, -0.1) is 11.3 Å². The molecule has 0 aliphatic carbocycles. The highest BCUT2D eigenvalue weighted by molar-refractivity contribution is 9.09. The fourth-order valence-corrected chi connectivity index (χ4v) is 3.50. The van der Waals surface area contributed by atoms with Gasteiger partial charge in [-0.25, -0.2) is 4.98 Å². The monoisotopic (exact) mass is 302 g/mol. The predicted molar refractivity (Wildman–Crippen MR) is 69.3 cm³/mol. The van der Waals surface area contributed by atoms with Crippen molar-refractivity contribution >= 4 is 33.2 Å². The molecule has 0 N–H and O–H groups in total. The Balaban J connectivity index is 2.17. The third-order valence-corrected chi connectivity index (χ3v) is 4.67. The van der Waals surface area contributed by atoms with E-state index in [4.69, 9.17) is 0 Å². The average molecular weight is 303 g/mol. The molecule has 1 saturated heterocycles. The minimum Gasteiger partial charge on any atom is -0.334 e. The van der Waals surface area contributed by atoms with Crippen molar-refractivity contribution in [3.05, 3.63) is 16.1 Å². The molecular formula is C11H15BrN2OS. The smallest absolute Gasteiger partial charge is 0.266 e. The molecular weight excluding hydrogens is 288 g/mol. The van der Waals surface area contributed by atoms with Crippen molar-refractivity contribution in [3.63, 3.8) is 0 Å². The average Bonchev–Trinajstić information content (AvgIpc) is 2.74. The van der Waals surface area contributed by atoms with Crippen molar-refractivity contribution in [1.29, 1.82) is 0 Å². The Morgan fingerprint density at radius 3 is 3.12 bits per heavy atom. The van der Waals surface area contributed by atoms with Crippen LogP contribution in [0.5, 0.6) is 0 Å². The molecule has 16 heavy (non-hydrogen) atoms. The number of hydrogen-bond donors (Lipinski definition) is 0. The van der Waals surface area contributed by atoms with E-state index in [-0.39, 0.29) is 5.91 Å². The summed E-state index contributed by atoms with van der Waals surface area (Å²) in [6.45, 7) is 2.78. The molecule has 1 atom stereocenters. The van der Waals surface area contributed by atoms with Crippen molar-refractivity contribution in [2.75, 3.05) is 11.9 Å². The number of aromatic nitrogens is 1. The van der Waals surface area contributed by atoms with Gasteiger partial charge in [0.1, 0.15) is 4.88 Å². The van der Waals surface area contributed by atoms with Crippen LogP contribution in [0.1, 0.15) is 34.6 Å². The number of nitrogens with zero attached hydrogens (tertiary/aromatic N) is 2. The van der Waals surface area contributed by atoms with Gasteiger partial charge in [0.25, 0.3) is 5.91 Å². The van der Waals surface area contributed by atoms with Gasteiger partial charge in [0.15, 0.2) is 0 Å². The highest BCUT2D eigenvalue weighted by atomic mass is 79.9. The summed E-state index contributed by atoms with van der Waals surface area (Å²) in [7, 11) is 0. The molecule has 1 aromatic heterocycles. The second-order valence-electron chi connectivity index (χ2n) is 4.07. The van der Waals surface area contributed by atoms with Crippen LogP contribution in [0, 0.1) is 6.92 Å². The molecule has 0 spiro atoms. The highest BCUT2D eigenvalue weighted by Crippen LogP contribution is 2.23. The van der Waals surface area contributed by atoms with Gasteiger partial charge in [-0.3, -0.25) is 4.79 Å². The van der Waals surface area contributed by atoms with E-state index in [2.05, 4.69) is 20.9 Å². The molecule has 2 rings (SSSR count). The quantitative estimate of drug-likeness (QED) is 0.787. The van der Waals surface area contributed by atoms with Crippen molar-refractivity contribution in [1.82, 2.24) is 9.88 Å². The molecule has 1 aliphatic heterocycles. The molecule has 1 unspecified atom stereocenters. The number of alkyl halides is 1. The largest absolute Gasteiger partial charge is 0.334 e. The van der Waals surface area contributed by atoms with E-state index >= 15 is 0 Å². The fourth-order valence-electron chi connectivity index (χ4n) is 2.07. The minimum atomic E-state index is 0.157. The Labute approximate surface area is 108 Å². The van der Waals surface area contributed by atoms with E-state index in [9.17, 15) is 4.79 Å². The molecule has 0 aromatic carbocycles. The number of likely N-dealkylation sites (tertiary alicyclic amines) is 1. The van der Waals surface area contributed by atoms with Crippen LogP contribution in [0.25, 0.3) is 0 Å². The highest BCUT2D eigenvalue weighted by Gasteiger charge is 2.28. The minimum absolute atomic E-state index is 0.157. The van der Waals surface area contributed by atoms with Crippen LogP contribution >= 0.6 is 27.3 Å².